The molecular weight excluding hydrogens is 284 g/mol. The zero-order valence-corrected chi connectivity index (χ0v) is 11.6. The molecule has 0 aliphatic rings. The summed E-state index contributed by atoms with van der Waals surface area (Å²) in [5.74, 6) is 0.193. The van der Waals surface area contributed by atoms with Crippen LogP contribution in [-0.2, 0) is 4.79 Å². The van der Waals surface area contributed by atoms with E-state index in [0.29, 0.717) is 5.75 Å². The normalized spacial score (nSPS) is 12.2. The third-order valence-electron chi connectivity index (χ3n) is 2.32. The molecule has 4 nitrogen and oxygen atoms in total. The van der Waals surface area contributed by atoms with Gasteiger partial charge in [-0.2, -0.15) is 0 Å². The van der Waals surface area contributed by atoms with Gasteiger partial charge in [-0.25, -0.2) is 0 Å². The van der Waals surface area contributed by atoms with E-state index in [4.69, 9.17) is 10.5 Å². The summed E-state index contributed by atoms with van der Waals surface area (Å²) < 4.78 is 6.31. The number of primary amides is 1. The highest BCUT2D eigenvalue weighted by Gasteiger charge is 2.12. The first-order valence-corrected chi connectivity index (χ1v) is 6.27. The second-order valence-corrected chi connectivity index (χ2v) is 4.63. The number of benzene rings is 1. The lowest BCUT2D eigenvalue weighted by Crippen LogP contribution is -2.22. The molecule has 0 aliphatic carbocycles. The van der Waals surface area contributed by atoms with Gasteiger partial charge in [-0.1, -0.05) is 28.9 Å². The van der Waals surface area contributed by atoms with E-state index >= 15 is 0 Å². The van der Waals surface area contributed by atoms with Gasteiger partial charge in [0.05, 0.1) is 0 Å². The van der Waals surface area contributed by atoms with Gasteiger partial charge in [0.1, 0.15) is 5.75 Å². The van der Waals surface area contributed by atoms with E-state index < -0.39 is 5.91 Å². The molecule has 3 N–H and O–H groups in total. The number of ether oxygens (including phenoxy) is 1. The van der Waals surface area contributed by atoms with Gasteiger partial charge in [0, 0.05) is 16.1 Å². The molecule has 0 radical (unpaired) electrons. The molecule has 0 spiro atoms. The molecule has 1 unspecified atom stereocenters. The van der Waals surface area contributed by atoms with Gasteiger partial charge in [-0.15, -0.1) is 0 Å². The first kappa shape index (κ1) is 14.0. The van der Waals surface area contributed by atoms with Crippen LogP contribution in [0.5, 0.6) is 5.75 Å². The highest BCUT2D eigenvalue weighted by molar-refractivity contribution is 9.10. The summed E-state index contributed by atoms with van der Waals surface area (Å²) in [5.41, 5.74) is 6.08. The number of hydrogen-bond acceptors (Lipinski definition) is 3. The summed E-state index contributed by atoms with van der Waals surface area (Å²) in [4.78, 5) is 10.7. The lowest BCUT2D eigenvalue weighted by atomic mass is 10.1. The summed E-state index contributed by atoms with van der Waals surface area (Å²) in [5, 5.41) is 3.30. The van der Waals surface area contributed by atoms with E-state index in [-0.39, 0.29) is 12.6 Å². The maximum Gasteiger partial charge on any atom is 0.255 e. The predicted molar refractivity (Wildman–Crippen MR) is 70.9 cm³/mol. The average Bonchev–Trinajstić information content (AvgIpc) is 2.26. The molecule has 0 fully saturated rings. The first-order valence-electron chi connectivity index (χ1n) is 5.48. The minimum atomic E-state index is -0.480. The second kappa shape index (κ2) is 6.61. The summed E-state index contributed by atoms with van der Waals surface area (Å²) in [6, 6.07) is 5.91. The highest BCUT2D eigenvalue weighted by Crippen LogP contribution is 2.28. The van der Waals surface area contributed by atoms with Gasteiger partial charge in [0.25, 0.3) is 5.91 Å². The van der Waals surface area contributed by atoms with Gasteiger partial charge >= 0.3 is 0 Å². The Kier molecular flexibility index (Phi) is 5.44. The molecule has 1 rings (SSSR count). The Morgan fingerprint density at radius 3 is 2.88 bits per heavy atom. The van der Waals surface area contributed by atoms with Crippen LogP contribution in [0.3, 0.4) is 0 Å². The molecule has 1 amide bonds. The molecule has 0 heterocycles. The molecule has 5 heteroatoms. The number of rotatable bonds is 6. The molecule has 0 saturated heterocycles. The van der Waals surface area contributed by atoms with Gasteiger partial charge in [-0.3, -0.25) is 4.79 Å². The van der Waals surface area contributed by atoms with Gasteiger partial charge in [-0.05, 0) is 25.6 Å². The molecule has 1 aromatic carbocycles. The standard InChI is InChI=1S/C12H17BrN2O2/c1-3-15-8(2)10-5-4-9(13)6-11(10)17-7-12(14)16/h4-6,8,15H,3,7H2,1-2H3,(H2,14,16). The lowest BCUT2D eigenvalue weighted by Gasteiger charge is -2.17. The van der Waals surface area contributed by atoms with E-state index in [1.807, 2.05) is 32.0 Å². The van der Waals surface area contributed by atoms with Crippen molar-refractivity contribution in [1.29, 1.82) is 0 Å². The molecular formula is C12H17BrN2O2. The molecule has 0 saturated carbocycles. The van der Waals surface area contributed by atoms with Crippen LogP contribution in [0.15, 0.2) is 22.7 Å². The Morgan fingerprint density at radius 1 is 1.59 bits per heavy atom. The van der Waals surface area contributed by atoms with Crippen LogP contribution in [0.25, 0.3) is 0 Å². The van der Waals surface area contributed by atoms with E-state index in [9.17, 15) is 4.79 Å². The van der Waals surface area contributed by atoms with Crippen LogP contribution >= 0.6 is 15.9 Å². The molecule has 1 atom stereocenters. The van der Waals surface area contributed by atoms with Crippen molar-refractivity contribution in [2.75, 3.05) is 13.2 Å². The zero-order valence-electron chi connectivity index (χ0n) is 10.00. The average molecular weight is 301 g/mol. The van der Waals surface area contributed by atoms with Crippen molar-refractivity contribution in [3.63, 3.8) is 0 Å². The minimum Gasteiger partial charge on any atom is -0.483 e. The molecule has 0 bridgehead atoms. The van der Waals surface area contributed by atoms with Gasteiger partial charge in [0.2, 0.25) is 0 Å². The number of carbonyl (C=O) groups excluding carboxylic acids is 1. The number of carbonyl (C=O) groups is 1. The fourth-order valence-electron chi connectivity index (χ4n) is 1.56. The van der Waals surface area contributed by atoms with Crippen molar-refractivity contribution in [1.82, 2.24) is 5.32 Å². The Bertz CT molecular complexity index is 396. The largest absolute Gasteiger partial charge is 0.483 e. The Balaban J connectivity index is 2.90. The fourth-order valence-corrected chi connectivity index (χ4v) is 1.90. The van der Waals surface area contributed by atoms with Crippen molar-refractivity contribution in [2.24, 2.45) is 5.73 Å². The number of nitrogens with one attached hydrogen (secondary N) is 1. The molecule has 1 aromatic rings. The lowest BCUT2D eigenvalue weighted by molar-refractivity contribution is -0.119. The highest BCUT2D eigenvalue weighted by atomic mass is 79.9. The number of nitrogens with two attached hydrogens (primary N) is 1. The fraction of sp³-hybridized carbons (Fsp3) is 0.417. The van der Waals surface area contributed by atoms with Gasteiger partial charge < -0.3 is 15.8 Å². The predicted octanol–water partition coefficient (Wildman–Crippen LogP) is 1.98. The second-order valence-electron chi connectivity index (χ2n) is 3.72. The molecule has 17 heavy (non-hydrogen) atoms. The Labute approximate surface area is 110 Å². The van der Waals surface area contributed by atoms with Crippen LogP contribution in [0.4, 0.5) is 0 Å². The van der Waals surface area contributed by atoms with Crippen molar-refractivity contribution in [3.05, 3.63) is 28.2 Å². The third kappa shape index (κ3) is 4.36. The van der Waals surface area contributed by atoms with Gasteiger partial charge in [0.15, 0.2) is 6.61 Å². The monoisotopic (exact) mass is 300 g/mol. The first-order chi connectivity index (χ1) is 8.04. The van der Waals surface area contributed by atoms with Crippen LogP contribution in [0.1, 0.15) is 25.5 Å². The summed E-state index contributed by atoms with van der Waals surface area (Å²) in [7, 11) is 0. The molecule has 0 aliphatic heterocycles. The zero-order chi connectivity index (χ0) is 12.8. The number of hydrogen-bond donors (Lipinski definition) is 2. The van der Waals surface area contributed by atoms with Crippen molar-refractivity contribution in [3.8, 4) is 5.75 Å². The Hall–Kier alpha value is -1.07. The number of amides is 1. The SMILES string of the molecule is CCNC(C)c1ccc(Br)cc1OCC(N)=O. The number of halogens is 1. The molecule has 94 valence electrons. The Morgan fingerprint density at radius 2 is 2.29 bits per heavy atom. The van der Waals surface area contributed by atoms with Crippen LogP contribution in [-0.4, -0.2) is 19.1 Å². The quantitative estimate of drug-likeness (QED) is 0.844. The van der Waals surface area contributed by atoms with Crippen LogP contribution < -0.4 is 15.8 Å². The maximum atomic E-state index is 10.7. The maximum absolute atomic E-state index is 10.7. The van der Waals surface area contributed by atoms with Crippen LogP contribution in [0, 0.1) is 0 Å². The van der Waals surface area contributed by atoms with Crippen molar-refractivity contribution >= 4 is 21.8 Å². The smallest absolute Gasteiger partial charge is 0.255 e. The van der Waals surface area contributed by atoms with E-state index in [0.717, 1.165) is 16.6 Å². The van der Waals surface area contributed by atoms with E-state index in [1.165, 1.54) is 0 Å². The summed E-state index contributed by atoms with van der Waals surface area (Å²) in [6.45, 7) is 4.85. The summed E-state index contributed by atoms with van der Waals surface area (Å²) >= 11 is 3.37. The van der Waals surface area contributed by atoms with E-state index in [1.54, 1.807) is 0 Å². The molecule has 0 aromatic heterocycles. The van der Waals surface area contributed by atoms with Crippen LogP contribution in [0.2, 0.25) is 0 Å². The third-order valence-corrected chi connectivity index (χ3v) is 2.82. The van der Waals surface area contributed by atoms with Crippen molar-refractivity contribution < 1.29 is 9.53 Å². The van der Waals surface area contributed by atoms with Crippen molar-refractivity contribution in [2.45, 2.75) is 19.9 Å². The van der Waals surface area contributed by atoms with E-state index in [2.05, 4.69) is 21.2 Å². The topological polar surface area (TPSA) is 64.3 Å². The minimum absolute atomic E-state index is 0.109. The summed E-state index contributed by atoms with van der Waals surface area (Å²) in [6.07, 6.45) is 0.